The van der Waals surface area contributed by atoms with Gasteiger partial charge in [-0.2, -0.15) is 0 Å². The Morgan fingerprint density at radius 2 is 0.947 bits per heavy atom. The fraction of sp³-hybridized carbons (Fsp3) is 0.617. The van der Waals surface area contributed by atoms with Crippen molar-refractivity contribution < 1.29 is 37.6 Å². The van der Waals surface area contributed by atoms with Gasteiger partial charge in [0.05, 0.1) is 13.2 Å². The van der Waals surface area contributed by atoms with Crippen LogP contribution < -0.4 is 5.73 Å². The van der Waals surface area contributed by atoms with E-state index in [1.54, 1.807) is 0 Å². The highest BCUT2D eigenvalue weighted by Gasteiger charge is 2.25. The first-order valence-electron chi connectivity index (χ1n) is 21.7. The summed E-state index contributed by atoms with van der Waals surface area (Å²) in [5, 5.41) is 0. The number of hydrogen-bond donors (Lipinski definition) is 2. The van der Waals surface area contributed by atoms with Crippen molar-refractivity contribution in [3.05, 3.63) is 97.2 Å². The van der Waals surface area contributed by atoms with Crippen molar-refractivity contribution in [2.75, 3.05) is 26.4 Å². The Kier molecular flexibility index (Phi) is 40.2. The van der Waals surface area contributed by atoms with Gasteiger partial charge in [0, 0.05) is 19.4 Å². The van der Waals surface area contributed by atoms with Crippen LogP contribution in [0, 0.1) is 0 Å². The lowest BCUT2D eigenvalue weighted by Gasteiger charge is -2.19. The summed E-state index contributed by atoms with van der Waals surface area (Å²) in [6.45, 7) is 3.53. The number of esters is 2. The van der Waals surface area contributed by atoms with E-state index in [2.05, 4.69) is 111 Å². The van der Waals surface area contributed by atoms with Crippen molar-refractivity contribution in [3.8, 4) is 0 Å². The van der Waals surface area contributed by atoms with Gasteiger partial charge in [0.2, 0.25) is 0 Å². The average molecular weight is 816 g/mol. The lowest BCUT2D eigenvalue weighted by Crippen LogP contribution is -2.29. The number of allylic oxidation sites excluding steroid dienone is 16. The minimum absolute atomic E-state index is 0.0375. The van der Waals surface area contributed by atoms with Gasteiger partial charge >= 0.3 is 19.8 Å². The molecule has 0 aliphatic carbocycles. The Bertz CT molecular complexity index is 1250. The molecule has 0 amide bonds. The maximum absolute atomic E-state index is 12.6. The van der Waals surface area contributed by atoms with Crippen molar-refractivity contribution in [3.63, 3.8) is 0 Å². The lowest BCUT2D eigenvalue weighted by atomic mass is 10.1. The highest BCUT2D eigenvalue weighted by atomic mass is 31.2. The fourth-order valence-corrected chi connectivity index (χ4v) is 5.96. The van der Waals surface area contributed by atoms with Crippen LogP contribution in [-0.2, 0) is 32.7 Å². The first kappa shape index (κ1) is 53.9. The molecule has 0 spiro atoms. The number of unbranched alkanes of at least 4 members (excludes halogenated alkanes) is 10. The van der Waals surface area contributed by atoms with Crippen LogP contribution in [0.15, 0.2) is 97.2 Å². The highest BCUT2D eigenvalue weighted by Crippen LogP contribution is 2.43. The van der Waals surface area contributed by atoms with Gasteiger partial charge in [-0.1, -0.05) is 143 Å². The van der Waals surface area contributed by atoms with E-state index in [4.69, 9.17) is 24.3 Å². The van der Waals surface area contributed by atoms with Gasteiger partial charge in [-0.25, -0.2) is 4.57 Å². The summed E-state index contributed by atoms with van der Waals surface area (Å²) in [5.74, 6) is -0.912. The Hall–Kier alpha value is -3.07. The maximum Gasteiger partial charge on any atom is 0.472 e. The molecule has 0 aromatic rings. The summed E-state index contributed by atoms with van der Waals surface area (Å²) in [4.78, 5) is 34.9. The zero-order chi connectivity index (χ0) is 41.8. The number of ether oxygens (including phenoxy) is 2. The van der Waals surface area contributed by atoms with Gasteiger partial charge in [-0.3, -0.25) is 18.6 Å². The second-order valence-corrected chi connectivity index (χ2v) is 15.3. The molecule has 57 heavy (non-hydrogen) atoms. The van der Waals surface area contributed by atoms with Crippen molar-refractivity contribution >= 4 is 19.8 Å². The number of phosphoric ester groups is 1. The highest BCUT2D eigenvalue weighted by molar-refractivity contribution is 7.47. The molecule has 0 aromatic carbocycles. The first-order valence-corrected chi connectivity index (χ1v) is 23.2. The van der Waals surface area contributed by atoms with E-state index in [1.165, 1.54) is 32.1 Å². The van der Waals surface area contributed by atoms with Gasteiger partial charge in [0.15, 0.2) is 6.10 Å². The van der Waals surface area contributed by atoms with E-state index >= 15 is 0 Å². The van der Waals surface area contributed by atoms with Crippen molar-refractivity contribution in [1.82, 2.24) is 0 Å². The predicted molar refractivity (Wildman–Crippen MR) is 238 cm³/mol. The van der Waals surface area contributed by atoms with Crippen LogP contribution in [0.2, 0.25) is 0 Å². The molecule has 3 N–H and O–H groups in total. The Morgan fingerprint density at radius 3 is 1.39 bits per heavy atom. The van der Waals surface area contributed by atoms with Crippen LogP contribution in [0.25, 0.3) is 0 Å². The molecule has 1 unspecified atom stereocenters. The summed E-state index contributed by atoms with van der Waals surface area (Å²) in [6.07, 6.45) is 54.3. The van der Waals surface area contributed by atoms with Crippen molar-refractivity contribution in [1.29, 1.82) is 0 Å². The molecule has 0 fully saturated rings. The topological polar surface area (TPSA) is 134 Å². The smallest absolute Gasteiger partial charge is 0.462 e. The van der Waals surface area contributed by atoms with E-state index < -0.39 is 32.5 Å². The van der Waals surface area contributed by atoms with E-state index in [-0.39, 0.29) is 32.6 Å². The maximum atomic E-state index is 12.6. The lowest BCUT2D eigenvalue weighted by molar-refractivity contribution is -0.161. The second kappa shape index (κ2) is 42.5. The summed E-state index contributed by atoms with van der Waals surface area (Å²) >= 11 is 0. The third-order valence-electron chi connectivity index (χ3n) is 8.42. The zero-order valence-electron chi connectivity index (χ0n) is 35.5. The van der Waals surface area contributed by atoms with Crippen LogP contribution in [0.4, 0.5) is 0 Å². The number of rotatable bonds is 39. The number of carbonyl (C=O) groups is 2. The molecule has 0 aliphatic rings. The molecular formula is C47H78NO8P. The van der Waals surface area contributed by atoms with Crippen LogP contribution in [0.1, 0.15) is 155 Å². The quantitative estimate of drug-likeness (QED) is 0.0269. The van der Waals surface area contributed by atoms with Crippen LogP contribution >= 0.6 is 7.82 Å². The van der Waals surface area contributed by atoms with Crippen LogP contribution in [0.3, 0.4) is 0 Å². The molecule has 0 radical (unpaired) electrons. The Labute approximate surface area is 346 Å². The van der Waals surface area contributed by atoms with Crippen LogP contribution in [0.5, 0.6) is 0 Å². The first-order chi connectivity index (χ1) is 27.8. The van der Waals surface area contributed by atoms with Crippen molar-refractivity contribution in [2.24, 2.45) is 5.73 Å². The Morgan fingerprint density at radius 1 is 0.526 bits per heavy atom. The van der Waals surface area contributed by atoms with Crippen molar-refractivity contribution in [2.45, 2.75) is 161 Å². The molecule has 324 valence electrons. The second-order valence-electron chi connectivity index (χ2n) is 13.8. The molecule has 0 bridgehead atoms. The minimum atomic E-state index is -4.40. The average Bonchev–Trinajstić information content (AvgIpc) is 3.20. The standard InChI is InChI=1S/C47H78NO8P/c1-3-5-7-9-11-13-15-17-19-21-22-24-26-28-30-32-34-36-38-40-47(50)56-45(44-55-57(51,52)54-42-41-48)43-53-46(49)39-37-35-33-31-29-27-25-23-20-18-16-14-12-10-8-6-4-2/h8,10-11,13-14,16-17,19-20,22-24,27-30,45H,3-7,9,12,15,18,21,25-26,31-44,48H2,1-2H3,(H,51,52)/b10-8+,13-11+,16-14+,19-17+,23-20+,24-22+,29-27+,30-28+/t45-/m1/s1. The van der Waals surface area contributed by atoms with Crippen LogP contribution in [-0.4, -0.2) is 49.3 Å². The summed E-state index contributed by atoms with van der Waals surface area (Å²) in [5.41, 5.74) is 5.34. The van der Waals surface area contributed by atoms with E-state index in [1.807, 2.05) is 0 Å². The number of carbonyl (C=O) groups excluding carboxylic acids is 2. The summed E-state index contributed by atoms with van der Waals surface area (Å²) in [6, 6.07) is 0. The minimum Gasteiger partial charge on any atom is -0.462 e. The number of nitrogens with two attached hydrogens (primary N) is 1. The van der Waals surface area contributed by atoms with E-state index in [0.29, 0.717) is 12.8 Å². The third-order valence-corrected chi connectivity index (χ3v) is 9.41. The van der Waals surface area contributed by atoms with Gasteiger partial charge in [0.25, 0.3) is 0 Å². The van der Waals surface area contributed by atoms with Gasteiger partial charge in [0.1, 0.15) is 6.61 Å². The summed E-state index contributed by atoms with van der Waals surface area (Å²) in [7, 11) is -4.40. The normalized spacial score (nSPS) is 14.2. The zero-order valence-corrected chi connectivity index (χ0v) is 36.4. The number of hydrogen-bond acceptors (Lipinski definition) is 8. The van der Waals surface area contributed by atoms with E-state index in [0.717, 1.165) is 83.5 Å². The molecule has 0 aliphatic heterocycles. The van der Waals surface area contributed by atoms with Gasteiger partial charge in [-0.05, 0) is 96.3 Å². The molecule has 0 aromatic heterocycles. The molecule has 0 saturated carbocycles. The fourth-order valence-electron chi connectivity index (χ4n) is 5.19. The summed E-state index contributed by atoms with van der Waals surface area (Å²) < 4.78 is 32.7. The molecule has 0 rings (SSSR count). The molecular weight excluding hydrogens is 737 g/mol. The van der Waals surface area contributed by atoms with Gasteiger partial charge < -0.3 is 20.1 Å². The van der Waals surface area contributed by atoms with E-state index in [9.17, 15) is 19.0 Å². The van der Waals surface area contributed by atoms with Gasteiger partial charge in [-0.15, -0.1) is 0 Å². The molecule has 10 heteroatoms. The predicted octanol–water partition coefficient (Wildman–Crippen LogP) is 12.6. The molecule has 0 saturated heterocycles. The largest absolute Gasteiger partial charge is 0.472 e. The molecule has 2 atom stereocenters. The third kappa shape index (κ3) is 42.4. The Balaban J connectivity index is 4.31. The SMILES string of the molecule is CCC/C=C/C/C=C/C/C=C/C/C=C/CCCCCC(=O)OC[C@H](COP(=O)(O)OCCN)OC(=O)CCCCC/C=C/C/C=C/C/C=C/C/C=C/CCCCC. The number of phosphoric acid groups is 1. The molecule has 0 heterocycles. The monoisotopic (exact) mass is 816 g/mol. The molecule has 9 nitrogen and oxygen atoms in total.